The lowest BCUT2D eigenvalue weighted by Crippen LogP contribution is -2.38. The monoisotopic (exact) mass is 673 g/mol. The van der Waals surface area contributed by atoms with Crippen molar-refractivity contribution in [2.45, 2.75) is 23.6 Å². The second-order valence-corrected chi connectivity index (χ2v) is 13.8. The number of carbonyl (C=O) groups is 1. The van der Waals surface area contributed by atoms with Crippen LogP contribution in [0.15, 0.2) is 88.7 Å². The lowest BCUT2D eigenvalue weighted by molar-refractivity contribution is -0.114. The summed E-state index contributed by atoms with van der Waals surface area (Å²) in [6, 6.07) is 19.3. The lowest BCUT2D eigenvalue weighted by Gasteiger charge is -2.26. The van der Waals surface area contributed by atoms with Crippen molar-refractivity contribution in [3.8, 4) is 17.2 Å². The summed E-state index contributed by atoms with van der Waals surface area (Å²) in [5.74, 6) is -0.0776. The number of ether oxygens (including phenoxy) is 3. The standard InChI is InChI=1S/C31H32ClN3O8S2/c1-20-6-7-21(2)26(16-20)34-44(37,38)24-11-9-23(10-12-24)33-31(36)19-35(27-17-22(32)8-14-28(27)41-3)45(39,40)25-13-15-29(42-4)30(18-25)43-5/h6-18,34H,19H2,1-5H3,(H,33,36). The lowest BCUT2D eigenvalue weighted by atomic mass is 10.1. The second-order valence-electron chi connectivity index (χ2n) is 9.84. The number of hydrogen-bond acceptors (Lipinski definition) is 8. The number of nitrogens with zero attached hydrogens (tertiary/aromatic N) is 1. The number of hydrogen-bond donors (Lipinski definition) is 2. The second kappa shape index (κ2) is 13.7. The van der Waals surface area contributed by atoms with E-state index in [1.165, 1.54) is 82.0 Å². The van der Waals surface area contributed by atoms with Crippen LogP contribution in [0.2, 0.25) is 5.02 Å². The molecule has 0 heterocycles. The molecule has 1 amide bonds. The van der Waals surface area contributed by atoms with Crippen LogP contribution in [0.1, 0.15) is 11.1 Å². The van der Waals surface area contributed by atoms with Gasteiger partial charge >= 0.3 is 0 Å². The van der Waals surface area contributed by atoms with Gasteiger partial charge in [-0.25, -0.2) is 16.8 Å². The summed E-state index contributed by atoms with van der Waals surface area (Å²) in [5, 5.41) is 2.84. The van der Waals surface area contributed by atoms with E-state index < -0.39 is 32.5 Å². The number of anilines is 3. The molecule has 4 aromatic rings. The quantitative estimate of drug-likeness (QED) is 0.198. The van der Waals surface area contributed by atoms with Crippen LogP contribution in [-0.4, -0.2) is 50.6 Å². The molecule has 0 atom stereocenters. The first-order valence-electron chi connectivity index (χ1n) is 13.4. The molecule has 14 heteroatoms. The van der Waals surface area contributed by atoms with Crippen molar-refractivity contribution in [3.05, 3.63) is 95.0 Å². The Balaban J connectivity index is 1.62. The molecule has 0 aliphatic carbocycles. The first kappa shape index (κ1) is 33.4. The third-order valence-corrected chi connectivity index (χ3v) is 10.1. The predicted octanol–water partition coefficient (Wildman–Crippen LogP) is 5.62. The molecule has 0 aliphatic rings. The number of nitrogens with one attached hydrogen (secondary N) is 2. The van der Waals surface area contributed by atoms with Crippen LogP contribution in [0.5, 0.6) is 17.2 Å². The molecule has 0 spiro atoms. The summed E-state index contributed by atoms with van der Waals surface area (Å²) in [6.45, 7) is 2.97. The van der Waals surface area contributed by atoms with Crippen LogP contribution in [0.25, 0.3) is 0 Å². The van der Waals surface area contributed by atoms with E-state index in [1.807, 2.05) is 19.1 Å². The van der Waals surface area contributed by atoms with Gasteiger partial charge in [0.05, 0.1) is 42.5 Å². The fourth-order valence-electron chi connectivity index (χ4n) is 4.36. The van der Waals surface area contributed by atoms with Gasteiger partial charge in [-0.2, -0.15) is 0 Å². The van der Waals surface area contributed by atoms with Gasteiger partial charge in [-0.15, -0.1) is 0 Å². The number of amides is 1. The Hall–Kier alpha value is -4.46. The zero-order valence-corrected chi connectivity index (χ0v) is 27.5. The van der Waals surface area contributed by atoms with Crippen LogP contribution < -0.4 is 28.6 Å². The SMILES string of the molecule is COc1ccc(S(=O)(=O)N(CC(=O)Nc2ccc(S(=O)(=O)Nc3cc(C)ccc3C)cc2)c2cc(Cl)ccc2OC)cc1OC. The largest absolute Gasteiger partial charge is 0.495 e. The van der Waals surface area contributed by atoms with Crippen LogP contribution >= 0.6 is 11.6 Å². The Kier molecular flexibility index (Phi) is 10.2. The summed E-state index contributed by atoms with van der Waals surface area (Å²) in [4.78, 5) is 13.1. The van der Waals surface area contributed by atoms with E-state index in [0.29, 0.717) is 11.4 Å². The highest BCUT2D eigenvalue weighted by Gasteiger charge is 2.31. The number of benzene rings is 4. The van der Waals surface area contributed by atoms with E-state index in [4.69, 9.17) is 25.8 Å². The highest BCUT2D eigenvalue weighted by molar-refractivity contribution is 7.93. The maximum Gasteiger partial charge on any atom is 0.265 e. The minimum absolute atomic E-state index is 0.0221. The smallest absolute Gasteiger partial charge is 0.265 e. The average Bonchev–Trinajstić information content (AvgIpc) is 3.01. The van der Waals surface area contributed by atoms with Crippen LogP contribution in [0, 0.1) is 13.8 Å². The molecule has 11 nitrogen and oxygen atoms in total. The maximum absolute atomic E-state index is 14.0. The van der Waals surface area contributed by atoms with Crippen molar-refractivity contribution >= 4 is 54.6 Å². The zero-order chi connectivity index (χ0) is 32.9. The Morgan fingerprint density at radius 1 is 0.756 bits per heavy atom. The molecule has 0 saturated carbocycles. The molecule has 0 bridgehead atoms. The third kappa shape index (κ3) is 7.62. The summed E-state index contributed by atoms with van der Waals surface area (Å²) in [5.41, 5.74) is 2.38. The van der Waals surface area contributed by atoms with E-state index >= 15 is 0 Å². The van der Waals surface area contributed by atoms with Gasteiger partial charge in [-0.1, -0.05) is 23.7 Å². The fraction of sp³-hybridized carbons (Fsp3) is 0.194. The van der Waals surface area contributed by atoms with Gasteiger partial charge in [0.2, 0.25) is 5.91 Å². The van der Waals surface area contributed by atoms with Gasteiger partial charge in [0, 0.05) is 16.8 Å². The topological polar surface area (TPSA) is 140 Å². The summed E-state index contributed by atoms with van der Waals surface area (Å²) in [6.07, 6.45) is 0. The number of rotatable bonds is 12. The van der Waals surface area contributed by atoms with Crippen LogP contribution in [-0.2, 0) is 24.8 Å². The highest BCUT2D eigenvalue weighted by atomic mass is 35.5. The Morgan fingerprint density at radius 3 is 2.02 bits per heavy atom. The number of methoxy groups -OCH3 is 3. The van der Waals surface area contributed by atoms with Gasteiger partial charge in [0.25, 0.3) is 20.0 Å². The molecule has 238 valence electrons. The molecule has 2 N–H and O–H groups in total. The summed E-state index contributed by atoms with van der Waals surface area (Å²) in [7, 11) is -4.17. The fourth-order valence-corrected chi connectivity index (χ4v) is 7.09. The first-order chi connectivity index (χ1) is 21.3. The van der Waals surface area contributed by atoms with Gasteiger partial charge in [0.1, 0.15) is 12.3 Å². The molecule has 4 aromatic carbocycles. The molecular formula is C31H32ClN3O8S2. The van der Waals surface area contributed by atoms with E-state index in [1.54, 1.807) is 13.0 Å². The summed E-state index contributed by atoms with van der Waals surface area (Å²) < 4.78 is 73.3. The minimum Gasteiger partial charge on any atom is -0.495 e. The number of aryl methyl sites for hydroxylation is 2. The predicted molar refractivity (Wildman–Crippen MR) is 174 cm³/mol. The molecule has 0 fully saturated rings. The van der Waals surface area contributed by atoms with Crippen molar-refractivity contribution in [3.63, 3.8) is 0 Å². The van der Waals surface area contributed by atoms with Crippen molar-refractivity contribution in [1.82, 2.24) is 0 Å². The van der Waals surface area contributed by atoms with Crippen LogP contribution in [0.4, 0.5) is 17.1 Å². The summed E-state index contributed by atoms with van der Waals surface area (Å²) >= 11 is 6.22. The Labute approximate surface area is 267 Å². The Bertz CT molecular complexity index is 1930. The van der Waals surface area contributed by atoms with E-state index in [2.05, 4.69) is 10.0 Å². The van der Waals surface area contributed by atoms with E-state index in [0.717, 1.165) is 15.4 Å². The highest BCUT2D eigenvalue weighted by Crippen LogP contribution is 2.37. The molecule has 4 rings (SSSR count). The molecule has 0 saturated heterocycles. The molecular weight excluding hydrogens is 642 g/mol. The van der Waals surface area contributed by atoms with E-state index in [9.17, 15) is 21.6 Å². The minimum atomic E-state index is -4.40. The van der Waals surface area contributed by atoms with Crippen molar-refractivity contribution in [2.75, 3.05) is 42.2 Å². The number of halogens is 1. The van der Waals surface area contributed by atoms with Crippen molar-refractivity contribution < 1.29 is 35.8 Å². The maximum atomic E-state index is 14.0. The van der Waals surface area contributed by atoms with Gasteiger partial charge in [-0.05, 0) is 85.6 Å². The number of carbonyl (C=O) groups excluding carboxylic acids is 1. The van der Waals surface area contributed by atoms with E-state index in [-0.39, 0.29) is 37.7 Å². The average molecular weight is 674 g/mol. The molecule has 45 heavy (non-hydrogen) atoms. The van der Waals surface area contributed by atoms with Gasteiger partial charge in [-0.3, -0.25) is 13.8 Å². The molecule has 0 unspecified atom stereocenters. The van der Waals surface area contributed by atoms with Crippen LogP contribution in [0.3, 0.4) is 0 Å². The van der Waals surface area contributed by atoms with Crippen molar-refractivity contribution in [1.29, 1.82) is 0 Å². The van der Waals surface area contributed by atoms with Gasteiger partial charge < -0.3 is 19.5 Å². The Morgan fingerprint density at radius 2 is 1.38 bits per heavy atom. The zero-order valence-electron chi connectivity index (χ0n) is 25.1. The third-order valence-electron chi connectivity index (χ3n) is 6.73. The van der Waals surface area contributed by atoms with Crippen molar-refractivity contribution in [2.24, 2.45) is 0 Å². The molecule has 0 aliphatic heterocycles. The normalized spacial score (nSPS) is 11.4. The number of sulfonamides is 2. The first-order valence-corrected chi connectivity index (χ1v) is 16.7. The molecule has 0 radical (unpaired) electrons. The molecule has 0 aromatic heterocycles. The van der Waals surface area contributed by atoms with Gasteiger partial charge in [0.15, 0.2) is 11.5 Å².